The van der Waals surface area contributed by atoms with Gasteiger partial charge in [-0.25, -0.2) is 8.78 Å². The lowest BCUT2D eigenvalue weighted by Gasteiger charge is -2.25. The van der Waals surface area contributed by atoms with Gasteiger partial charge in [0.15, 0.2) is 0 Å². The quantitative estimate of drug-likeness (QED) is 0.900. The summed E-state index contributed by atoms with van der Waals surface area (Å²) < 4.78 is 27.4. The van der Waals surface area contributed by atoms with Crippen molar-refractivity contribution in [1.29, 1.82) is 5.26 Å². The Balaban J connectivity index is 2.55. The maximum atomic E-state index is 13.7. The van der Waals surface area contributed by atoms with Gasteiger partial charge in [-0.05, 0) is 36.8 Å². The van der Waals surface area contributed by atoms with E-state index in [4.69, 9.17) is 5.26 Å². The van der Waals surface area contributed by atoms with Crippen molar-refractivity contribution < 1.29 is 13.9 Å². The van der Waals surface area contributed by atoms with Crippen LogP contribution in [0.1, 0.15) is 23.6 Å². The van der Waals surface area contributed by atoms with Crippen LogP contribution in [0.5, 0.6) is 0 Å². The fraction of sp³-hybridized carbons (Fsp3) is 0.133. The van der Waals surface area contributed by atoms with Crippen molar-refractivity contribution in [3.05, 3.63) is 70.8 Å². The first kappa shape index (κ1) is 13.2. The van der Waals surface area contributed by atoms with Gasteiger partial charge in [0.25, 0.3) is 0 Å². The molecule has 1 unspecified atom stereocenters. The Bertz CT molecular complexity index is 622. The summed E-state index contributed by atoms with van der Waals surface area (Å²) in [6, 6.07) is 11.3. The molecule has 1 N–H and O–H groups in total. The minimum Gasteiger partial charge on any atom is -0.380 e. The first-order valence-electron chi connectivity index (χ1n) is 5.64. The van der Waals surface area contributed by atoms with Gasteiger partial charge in [0, 0.05) is 0 Å². The molecule has 2 aromatic rings. The van der Waals surface area contributed by atoms with Gasteiger partial charge in [-0.1, -0.05) is 18.2 Å². The first-order valence-corrected chi connectivity index (χ1v) is 5.64. The van der Waals surface area contributed by atoms with E-state index >= 15 is 0 Å². The average Bonchev–Trinajstić information content (AvgIpc) is 2.38. The second kappa shape index (κ2) is 4.79. The van der Waals surface area contributed by atoms with Crippen molar-refractivity contribution in [3.8, 4) is 6.07 Å². The van der Waals surface area contributed by atoms with Crippen LogP contribution in [-0.2, 0) is 5.60 Å². The molecular formula is C15H11F2NO. The van der Waals surface area contributed by atoms with Crippen LogP contribution in [0.3, 0.4) is 0 Å². The summed E-state index contributed by atoms with van der Waals surface area (Å²) in [5.41, 5.74) is -1.48. The van der Waals surface area contributed by atoms with E-state index in [0.29, 0.717) is 11.1 Å². The zero-order valence-electron chi connectivity index (χ0n) is 10.2. The first-order chi connectivity index (χ1) is 8.96. The Morgan fingerprint density at radius 2 is 1.58 bits per heavy atom. The normalized spacial score (nSPS) is 13.6. The molecule has 1 atom stereocenters. The molecule has 4 heteroatoms. The summed E-state index contributed by atoms with van der Waals surface area (Å²) in [5.74, 6) is -1.62. The van der Waals surface area contributed by atoms with Gasteiger partial charge in [-0.15, -0.1) is 0 Å². The average molecular weight is 259 g/mol. The molecule has 0 aliphatic rings. The third-order valence-corrected chi connectivity index (χ3v) is 3.03. The molecule has 2 nitrogen and oxygen atoms in total. The van der Waals surface area contributed by atoms with Gasteiger partial charge in [0.1, 0.15) is 17.2 Å². The molecule has 0 fully saturated rings. The number of halogens is 2. The summed E-state index contributed by atoms with van der Waals surface area (Å²) >= 11 is 0. The van der Waals surface area contributed by atoms with Crippen LogP contribution in [-0.4, -0.2) is 5.11 Å². The van der Waals surface area contributed by atoms with Gasteiger partial charge in [0.2, 0.25) is 0 Å². The van der Waals surface area contributed by atoms with Crippen molar-refractivity contribution >= 4 is 0 Å². The molecule has 0 spiro atoms. The molecule has 96 valence electrons. The monoisotopic (exact) mass is 259 g/mol. The van der Waals surface area contributed by atoms with Crippen LogP contribution in [0.2, 0.25) is 0 Å². The zero-order chi connectivity index (χ0) is 14.0. The largest absolute Gasteiger partial charge is 0.380 e. The Hall–Kier alpha value is -2.25. The van der Waals surface area contributed by atoms with Crippen LogP contribution in [0.25, 0.3) is 0 Å². The number of nitrogens with zero attached hydrogens (tertiary/aromatic N) is 1. The lowest BCUT2D eigenvalue weighted by atomic mass is 9.87. The van der Waals surface area contributed by atoms with Crippen LogP contribution in [0.4, 0.5) is 8.78 Å². The van der Waals surface area contributed by atoms with Crippen molar-refractivity contribution in [2.24, 2.45) is 0 Å². The Morgan fingerprint density at radius 3 is 2.05 bits per heavy atom. The minimum absolute atomic E-state index is 0.315. The maximum absolute atomic E-state index is 13.7. The lowest BCUT2D eigenvalue weighted by Crippen LogP contribution is -2.26. The van der Waals surface area contributed by atoms with Crippen molar-refractivity contribution in [2.75, 3.05) is 0 Å². The number of nitriles is 1. The van der Waals surface area contributed by atoms with Crippen molar-refractivity contribution in [1.82, 2.24) is 0 Å². The number of benzene rings is 2. The van der Waals surface area contributed by atoms with E-state index < -0.39 is 22.8 Å². The maximum Gasteiger partial charge on any atom is 0.132 e. The molecule has 19 heavy (non-hydrogen) atoms. The van der Waals surface area contributed by atoms with Gasteiger partial charge >= 0.3 is 0 Å². The van der Waals surface area contributed by atoms with Crippen molar-refractivity contribution in [3.63, 3.8) is 0 Å². The van der Waals surface area contributed by atoms with E-state index in [0.717, 1.165) is 12.1 Å². The molecule has 0 heterocycles. The molecule has 0 radical (unpaired) electrons. The Labute approximate surface area is 109 Å². The van der Waals surface area contributed by atoms with E-state index in [1.807, 2.05) is 6.07 Å². The molecule has 0 aliphatic heterocycles. The van der Waals surface area contributed by atoms with Crippen LogP contribution in [0, 0.1) is 23.0 Å². The van der Waals surface area contributed by atoms with E-state index in [9.17, 15) is 13.9 Å². The van der Waals surface area contributed by atoms with E-state index in [1.54, 1.807) is 0 Å². The van der Waals surface area contributed by atoms with Crippen LogP contribution in [0.15, 0.2) is 42.5 Å². The minimum atomic E-state index is -1.80. The van der Waals surface area contributed by atoms with E-state index in [2.05, 4.69) is 0 Å². The summed E-state index contributed by atoms with van der Waals surface area (Å²) in [6.07, 6.45) is 0. The molecule has 0 aromatic heterocycles. The molecule has 2 aromatic carbocycles. The fourth-order valence-electron chi connectivity index (χ4n) is 1.98. The van der Waals surface area contributed by atoms with Gasteiger partial charge < -0.3 is 5.11 Å². The van der Waals surface area contributed by atoms with Gasteiger partial charge in [-0.3, -0.25) is 0 Å². The molecule has 0 amide bonds. The predicted molar refractivity (Wildman–Crippen MR) is 66.2 cm³/mol. The summed E-state index contributed by atoms with van der Waals surface area (Å²) in [6.45, 7) is 1.32. The van der Waals surface area contributed by atoms with Crippen molar-refractivity contribution in [2.45, 2.75) is 12.5 Å². The summed E-state index contributed by atoms with van der Waals surface area (Å²) in [4.78, 5) is 0. The highest BCUT2D eigenvalue weighted by molar-refractivity contribution is 5.40. The molecule has 0 bridgehead atoms. The van der Waals surface area contributed by atoms with Crippen LogP contribution >= 0.6 is 0 Å². The smallest absolute Gasteiger partial charge is 0.132 e. The molecule has 2 rings (SSSR count). The highest BCUT2D eigenvalue weighted by Crippen LogP contribution is 2.32. The molecular weight excluding hydrogens is 248 g/mol. The Morgan fingerprint density at radius 1 is 1.05 bits per heavy atom. The number of hydrogen-bond donors (Lipinski definition) is 1. The van der Waals surface area contributed by atoms with Gasteiger partial charge in [-0.2, -0.15) is 5.26 Å². The topological polar surface area (TPSA) is 44.0 Å². The molecule has 0 saturated carbocycles. The summed E-state index contributed by atoms with van der Waals surface area (Å²) in [7, 11) is 0. The third kappa shape index (κ3) is 2.33. The summed E-state index contributed by atoms with van der Waals surface area (Å²) in [5, 5.41) is 19.1. The predicted octanol–water partition coefficient (Wildman–Crippen LogP) is 3.09. The van der Waals surface area contributed by atoms with E-state index in [-0.39, 0.29) is 0 Å². The van der Waals surface area contributed by atoms with E-state index in [1.165, 1.54) is 37.3 Å². The second-order valence-corrected chi connectivity index (χ2v) is 4.36. The van der Waals surface area contributed by atoms with Gasteiger partial charge in [0.05, 0.1) is 17.2 Å². The number of hydrogen-bond acceptors (Lipinski definition) is 2. The second-order valence-electron chi connectivity index (χ2n) is 4.36. The third-order valence-electron chi connectivity index (χ3n) is 3.03. The highest BCUT2D eigenvalue weighted by atomic mass is 19.1. The fourth-order valence-corrected chi connectivity index (χ4v) is 1.98. The lowest BCUT2D eigenvalue weighted by molar-refractivity contribution is 0.0934. The number of rotatable bonds is 2. The zero-order valence-corrected chi connectivity index (χ0v) is 10.2. The van der Waals surface area contributed by atoms with Crippen LogP contribution < -0.4 is 0 Å². The standard InChI is InChI=1S/C15H11F2NO/c1-15(19,11-7-5-10(9-18)6-8-11)14-12(16)3-2-4-13(14)17/h2-8,19H,1H3. The SMILES string of the molecule is CC(O)(c1ccc(C#N)cc1)c1c(F)cccc1F. The Kier molecular flexibility index (Phi) is 3.32. The molecule has 0 saturated heterocycles. The number of aliphatic hydroxyl groups is 1. The molecule has 0 aliphatic carbocycles. The highest BCUT2D eigenvalue weighted by Gasteiger charge is 2.31.